The third-order valence-electron chi connectivity index (χ3n) is 3.35. The van der Waals surface area contributed by atoms with Crippen molar-refractivity contribution in [3.05, 3.63) is 28.3 Å². The van der Waals surface area contributed by atoms with Crippen molar-refractivity contribution in [1.82, 2.24) is 5.01 Å². The third kappa shape index (κ3) is 4.09. The fourth-order valence-electron chi connectivity index (χ4n) is 2.34. The molecule has 1 aromatic rings. The molecule has 0 unspecified atom stereocenters. The molecule has 0 saturated carbocycles. The minimum Gasteiger partial charge on any atom is -0.385 e. The van der Waals surface area contributed by atoms with Gasteiger partial charge >= 0.3 is 0 Å². The maximum atomic E-state index is 11.0. The lowest BCUT2D eigenvalue weighted by Crippen LogP contribution is -2.34. The predicted octanol–water partition coefficient (Wildman–Crippen LogP) is 3.23. The number of hydrazine groups is 1. The molecule has 6 heteroatoms. The minimum atomic E-state index is -0.349. The van der Waals surface area contributed by atoms with Gasteiger partial charge in [-0.1, -0.05) is 13.3 Å². The van der Waals surface area contributed by atoms with Gasteiger partial charge in [-0.05, 0) is 25.3 Å². The molecule has 2 N–H and O–H groups in total. The SMILES string of the molecule is CCCNc1cc(NN2CCCCC2)cc([N+](=O)[O-])c1. The summed E-state index contributed by atoms with van der Waals surface area (Å²) >= 11 is 0. The third-order valence-corrected chi connectivity index (χ3v) is 3.35. The molecule has 0 aliphatic carbocycles. The largest absolute Gasteiger partial charge is 0.385 e. The van der Waals surface area contributed by atoms with Crippen LogP contribution in [-0.2, 0) is 0 Å². The Kier molecular flexibility index (Phi) is 5.17. The second-order valence-electron chi connectivity index (χ2n) is 5.11. The molecule has 0 bridgehead atoms. The zero-order chi connectivity index (χ0) is 14.4. The zero-order valence-electron chi connectivity index (χ0n) is 11.9. The molecule has 1 aromatic carbocycles. The van der Waals surface area contributed by atoms with Gasteiger partial charge in [0.05, 0.1) is 10.6 Å². The highest BCUT2D eigenvalue weighted by Crippen LogP contribution is 2.25. The van der Waals surface area contributed by atoms with E-state index in [9.17, 15) is 10.1 Å². The molecule has 0 aromatic heterocycles. The number of hydrogen-bond acceptors (Lipinski definition) is 5. The lowest BCUT2D eigenvalue weighted by atomic mass is 10.2. The second-order valence-corrected chi connectivity index (χ2v) is 5.11. The number of nitrogens with zero attached hydrogens (tertiary/aromatic N) is 2. The number of anilines is 2. The molecule has 1 fully saturated rings. The molecule has 1 saturated heterocycles. The maximum Gasteiger partial charge on any atom is 0.273 e. The van der Waals surface area contributed by atoms with Crippen molar-refractivity contribution in [3.63, 3.8) is 0 Å². The van der Waals surface area contributed by atoms with Crippen LogP contribution >= 0.6 is 0 Å². The molecular formula is C14H22N4O2. The van der Waals surface area contributed by atoms with Crippen LogP contribution in [0.1, 0.15) is 32.6 Å². The standard InChI is InChI=1S/C14H22N4O2/c1-2-6-15-12-9-13(11-14(10-12)18(19)20)16-17-7-4-3-5-8-17/h9-11,15-16H,2-8H2,1H3. The van der Waals surface area contributed by atoms with E-state index in [0.29, 0.717) is 0 Å². The second kappa shape index (κ2) is 7.09. The fourth-order valence-corrected chi connectivity index (χ4v) is 2.34. The fraction of sp³-hybridized carbons (Fsp3) is 0.571. The van der Waals surface area contributed by atoms with Gasteiger partial charge in [0.1, 0.15) is 0 Å². The molecule has 6 nitrogen and oxygen atoms in total. The van der Waals surface area contributed by atoms with E-state index in [2.05, 4.69) is 22.7 Å². The van der Waals surface area contributed by atoms with Gasteiger partial charge in [0.15, 0.2) is 0 Å². The van der Waals surface area contributed by atoms with Gasteiger partial charge in [-0.2, -0.15) is 0 Å². The normalized spacial score (nSPS) is 15.8. The van der Waals surface area contributed by atoms with Crippen LogP contribution in [-0.4, -0.2) is 29.6 Å². The van der Waals surface area contributed by atoms with Crippen LogP contribution in [0.5, 0.6) is 0 Å². The van der Waals surface area contributed by atoms with Gasteiger partial charge in [-0.3, -0.25) is 10.1 Å². The van der Waals surface area contributed by atoms with E-state index in [-0.39, 0.29) is 10.6 Å². The quantitative estimate of drug-likeness (QED) is 0.617. The van der Waals surface area contributed by atoms with Crippen molar-refractivity contribution in [3.8, 4) is 0 Å². The number of piperidine rings is 1. The topological polar surface area (TPSA) is 70.4 Å². The van der Waals surface area contributed by atoms with Crippen molar-refractivity contribution in [2.75, 3.05) is 30.4 Å². The molecule has 0 atom stereocenters. The summed E-state index contributed by atoms with van der Waals surface area (Å²) in [5.74, 6) is 0. The first-order valence-corrected chi connectivity index (χ1v) is 7.24. The number of benzene rings is 1. The van der Waals surface area contributed by atoms with Crippen molar-refractivity contribution in [2.45, 2.75) is 32.6 Å². The van der Waals surface area contributed by atoms with E-state index in [0.717, 1.165) is 37.4 Å². The van der Waals surface area contributed by atoms with E-state index >= 15 is 0 Å². The summed E-state index contributed by atoms with van der Waals surface area (Å²) in [6.07, 6.45) is 4.58. The van der Waals surface area contributed by atoms with Crippen LogP contribution in [0.2, 0.25) is 0 Å². The Morgan fingerprint density at radius 1 is 1.20 bits per heavy atom. The van der Waals surface area contributed by atoms with E-state index in [1.165, 1.54) is 19.3 Å². The first kappa shape index (κ1) is 14.6. The van der Waals surface area contributed by atoms with Crippen LogP contribution in [0.3, 0.4) is 0 Å². The number of non-ortho nitro benzene ring substituents is 1. The molecule has 20 heavy (non-hydrogen) atoms. The predicted molar refractivity (Wildman–Crippen MR) is 80.9 cm³/mol. The van der Waals surface area contributed by atoms with Crippen molar-refractivity contribution >= 4 is 17.1 Å². The lowest BCUT2D eigenvalue weighted by Gasteiger charge is -2.28. The van der Waals surface area contributed by atoms with Gasteiger partial charge in [0.2, 0.25) is 0 Å². The highest BCUT2D eigenvalue weighted by Gasteiger charge is 2.13. The van der Waals surface area contributed by atoms with Crippen molar-refractivity contribution in [1.29, 1.82) is 0 Å². The summed E-state index contributed by atoms with van der Waals surface area (Å²) in [6, 6.07) is 5.10. The summed E-state index contributed by atoms with van der Waals surface area (Å²) in [5, 5.41) is 16.3. The van der Waals surface area contributed by atoms with Gasteiger partial charge in [-0.25, -0.2) is 5.01 Å². The minimum absolute atomic E-state index is 0.116. The Morgan fingerprint density at radius 2 is 1.90 bits per heavy atom. The maximum absolute atomic E-state index is 11.0. The van der Waals surface area contributed by atoms with Gasteiger partial charge in [-0.15, -0.1) is 0 Å². The highest BCUT2D eigenvalue weighted by molar-refractivity contribution is 5.63. The number of nitrogens with one attached hydrogen (secondary N) is 2. The van der Waals surface area contributed by atoms with Crippen LogP contribution < -0.4 is 10.7 Å². The van der Waals surface area contributed by atoms with Crippen LogP contribution in [0.15, 0.2) is 18.2 Å². The molecule has 0 amide bonds. The van der Waals surface area contributed by atoms with Crippen LogP contribution in [0, 0.1) is 10.1 Å². The first-order chi connectivity index (χ1) is 9.69. The number of nitro benzene ring substituents is 1. The Labute approximate surface area is 119 Å². The molecule has 110 valence electrons. The number of nitro groups is 1. The monoisotopic (exact) mass is 278 g/mol. The number of hydrogen-bond donors (Lipinski definition) is 2. The van der Waals surface area contributed by atoms with E-state index in [4.69, 9.17) is 0 Å². The van der Waals surface area contributed by atoms with Gasteiger partial charge in [0, 0.05) is 37.5 Å². The van der Waals surface area contributed by atoms with Crippen molar-refractivity contribution < 1.29 is 4.92 Å². The Balaban J connectivity index is 2.12. The van der Waals surface area contributed by atoms with Crippen LogP contribution in [0.4, 0.5) is 17.1 Å². The highest BCUT2D eigenvalue weighted by atomic mass is 16.6. The summed E-state index contributed by atoms with van der Waals surface area (Å²) in [6.45, 7) is 4.85. The molecule has 0 radical (unpaired) electrons. The summed E-state index contributed by atoms with van der Waals surface area (Å²) in [4.78, 5) is 10.7. The molecule has 1 aliphatic rings. The van der Waals surface area contributed by atoms with Gasteiger partial charge in [0.25, 0.3) is 5.69 Å². The van der Waals surface area contributed by atoms with E-state index in [1.807, 2.05) is 6.07 Å². The first-order valence-electron chi connectivity index (χ1n) is 7.24. The Hall–Kier alpha value is -1.82. The molecule has 0 spiro atoms. The Bertz CT molecular complexity index is 458. The van der Waals surface area contributed by atoms with E-state index in [1.54, 1.807) is 12.1 Å². The molecule has 1 heterocycles. The summed E-state index contributed by atoms with van der Waals surface area (Å²) < 4.78 is 0. The van der Waals surface area contributed by atoms with E-state index < -0.39 is 0 Å². The smallest absolute Gasteiger partial charge is 0.273 e. The Morgan fingerprint density at radius 3 is 2.55 bits per heavy atom. The summed E-state index contributed by atoms with van der Waals surface area (Å²) in [7, 11) is 0. The summed E-state index contributed by atoms with van der Waals surface area (Å²) in [5.41, 5.74) is 4.97. The average Bonchev–Trinajstić information content (AvgIpc) is 2.46. The van der Waals surface area contributed by atoms with Gasteiger partial charge < -0.3 is 10.7 Å². The molecule has 2 rings (SSSR count). The molecular weight excluding hydrogens is 256 g/mol. The average molecular weight is 278 g/mol. The van der Waals surface area contributed by atoms with Crippen LogP contribution in [0.25, 0.3) is 0 Å². The zero-order valence-corrected chi connectivity index (χ0v) is 11.9. The molecule has 1 aliphatic heterocycles. The van der Waals surface area contributed by atoms with Crippen molar-refractivity contribution in [2.24, 2.45) is 0 Å². The lowest BCUT2D eigenvalue weighted by molar-refractivity contribution is -0.384. The number of rotatable bonds is 6.